The minimum atomic E-state index is 0. The van der Waals surface area contributed by atoms with Crippen LogP contribution in [0.5, 0.6) is 0 Å². The topological polar surface area (TPSA) is 51.0 Å². The molecule has 1 atom stereocenters. The van der Waals surface area contributed by atoms with E-state index in [0.717, 1.165) is 35.4 Å². The van der Waals surface area contributed by atoms with Gasteiger partial charge < -0.3 is 9.84 Å². The Morgan fingerprint density at radius 2 is 2.28 bits per heavy atom. The van der Waals surface area contributed by atoms with E-state index < -0.39 is 0 Å². The molecular formula is C12H13BrClN3O. The summed E-state index contributed by atoms with van der Waals surface area (Å²) in [5, 5.41) is 7.33. The lowest BCUT2D eigenvalue weighted by molar-refractivity contribution is 0.359. The number of halogens is 2. The van der Waals surface area contributed by atoms with Gasteiger partial charge in [0.1, 0.15) is 0 Å². The van der Waals surface area contributed by atoms with Crippen molar-refractivity contribution in [3.05, 3.63) is 34.6 Å². The van der Waals surface area contributed by atoms with Crippen LogP contribution in [0.15, 0.2) is 33.3 Å². The summed E-state index contributed by atoms with van der Waals surface area (Å²) in [5.41, 5.74) is 0.973. The Hall–Kier alpha value is -0.910. The molecule has 18 heavy (non-hydrogen) atoms. The largest absolute Gasteiger partial charge is 0.339 e. The van der Waals surface area contributed by atoms with Gasteiger partial charge in [-0.3, -0.25) is 0 Å². The lowest BCUT2D eigenvalue weighted by Crippen LogP contribution is -2.08. The number of benzene rings is 1. The predicted octanol–water partition coefficient (Wildman–Crippen LogP) is 3.00. The van der Waals surface area contributed by atoms with Gasteiger partial charge in [0.15, 0.2) is 0 Å². The van der Waals surface area contributed by atoms with Crippen LogP contribution in [0.3, 0.4) is 0 Å². The summed E-state index contributed by atoms with van der Waals surface area (Å²) in [5.74, 6) is 1.77. The van der Waals surface area contributed by atoms with Crippen molar-refractivity contribution in [1.29, 1.82) is 0 Å². The van der Waals surface area contributed by atoms with Gasteiger partial charge in [-0.25, -0.2) is 0 Å². The maximum Gasteiger partial charge on any atom is 0.231 e. The molecule has 3 rings (SSSR count). The second-order valence-corrected chi connectivity index (χ2v) is 5.07. The van der Waals surface area contributed by atoms with Crippen molar-refractivity contribution in [2.75, 3.05) is 13.1 Å². The molecular weight excluding hydrogens is 318 g/mol. The molecule has 6 heteroatoms. The molecule has 0 bridgehead atoms. The molecule has 2 aromatic rings. The molecule has 0 spiro atoms. The van der Waals surface area contributed by atoms with Crippen LogP contribution in [0.2, 0.25) is 0 Å². The van der Waals surface area contributed by atoms with Gasteiger partial charge in [0.25, 0.3) is 0 Å². The van der Waals surface area contributed by atoms with Crippen LogP contribution in [-0.4, -0.2) is 23.2 Å². The summed E-state index contributed by atoms with van der Waals surface area (Å²) < 4.78 is 6.34. The predicted molar refractivity (Wildman–Crippen MR) is 74.9 cm³/mol. The zero-order chi connectivity index (χ0) is 11.7. The third-order valence-corrected chi connectivity index (χ3v) is 3.43. The molecule has 96 valence electrons. The van der Waals surface area contributed by atoms with Crippen molar-refractivity contribution < 1.29 is 4.52 Å². The maximum atomic E-state index is 5.33. The van der Waals surface area contributed by atoms with Crippen molar-refractivity contribution in [3.8, 4) is 11.4 Å². The van der Waals surface area contributed by atoms with Gasteiger partial charge in [-0.15, -0.1) is 12.4 Å². The normalized spacial score (nSPS) is 18.6. The van der Waals surface area contributed by atoms with Crippen molar-refractivity contribution >= 4 is 28.3 Å². The number of hydrogen-bond donors (Lipinski definition) is 1. The molecule has 0 aliphatic carbocycles. The first kappa shape index (κ1) is 13.5. The number of nitrogens with one attached hydrogen (secondary N) is 1. The fraction of sp³-hybridized carbons (Fsp3) is 0.333. The van der Waals surface area contributed by atoms with E-state index in [0.29, 0.717) is 11.7 Å². The molecule has 1 aromatic heterocycles. The smallest absolute Gasteiger partial charge is 0.231 e. The zero-order valence-electron chi connectivity index (χ0n) is 9.60. The van der Waals surface area contributed by atoms with E-state index in [-0.39, 0.29) is 12.4 Å². The Morgan fingerprint density at radius 1 is 1.39 bits per heavy atom. The van der Waals surface area contributed by atoms with Crippen LogP contribution in [0.25, 0.3) is 11.4 Å². The van der Waals surface area contributed by atoms with Gasteiger partial charge in [-0.2, -0.15) is 4.98 Å². The zero-order valence-corrected chi connectivity index (χ0v) is 12.0. The summed E-state index contributed by atoms with van der Waals surface area (Å²) in [6.45, 7) is 1.96. The molecule has 1 aromatic carbocycles. The summed E-state index contributed by atoms with van der Waals surface area (Å²) in [4.78, 5) is 4.46. The van der Waals surface area contributed by atoms with Crippen LogP contribution in [-0.2, 0) is 0 Å². The number of rotatable bonds is 2. The van der Waals surface area contributed by atoms with Crippen molar-refractivity contribution in [2.24, 2.45) is 0 Å². The van der Waals surface area contributed by atoms with E-state index in [1.807, 2.05) is 24.3 Å². The fourth-order valence-electron chi connectivity index (χ4n) is 2.01. The van der Waals surface area contributed by atoms with Gasteiger partial charge in [-0.1, -0.05) is 33.2 Å². The van der Waals surface area contributed by atoms with Crippen LogP contribution >= 0.6 is 28.3 Å². The van der Waals surface area contributed by atoms with Crippen LogP contribution < -0.4 is 5.32 Å². The lowest BCUT2D eigenvalue weighted by atomic mass is 10.1. The first-order chi connectivity index (χ1) is 8.33. The highest BCUT2D eigenvalue weighted by Crippen LogP contribution is 2.25. The van der Waals surface area contributed by atoms with Crippen LogP contribution in [0.1, 0.15) is 18.2 Å². The van der Waals surface area contributed by atoms with E-state index in [1.165, 1.54) is 0 Å². The molecule has 2 heterocycles. The van der Waals surface area contributed by atoms with Crippen molar-refractivity contribution in [3.63, 3.8) is 0 Å². The number of hydrogen-bond acceptors (Lipinski definition) is 4. The Bertz CT molecular complexity index is 526. The highest BCUT2D eigenvalue weighted by atomic mass is 79.9. The van der Waals surface area contributed by atoms with Gasteiger partial charge in [0.05, 0.1) is 5.92 Å². The van der Waals surface area contributed by atoms with Crippen molar-refractivity contribution in [1.82, 2.24) is 15.5 Å². The highest BCUT2D eigenvalue weighted by Gasteiger charge is 2.22. The highest BCUT2D eigenvalue weighted by molar-refractivity contribution is 9.10. The molecule has 1 N–H and O–H groups in total. The lowest BCUT2D eigenvalue weighted by Gasteiger charge is -1.98. The van der Waals surface area contributed by atoms with Gasteiger partial charge in [0, 0.05) is 16.6 Å². The van der Waals surface area contributed by atoms with E-state index in [4.69, 9.17) is 4.52 Å². The summed E-state index contributed by atoms with van der Waals surface area (Å²) in [6.07, 6.45) is 1.07. The van der Waals surface area contributed by atoms with Crippen molar-refractivity contribution in [2.45, 2.75) is 12.3 Å². The molecule has 0 saturated carbocycles. The maximum absolute atomic E-state index is 5.33. The average molecular weight is 331 g/mol. The van der Waals surface area contributed by atoms with E-state index in [2.05, 4.69) is 31.4 Å². The second kappa shape index (κ2) is 5.82. The first-order valence-corrected chi connectivity index (χ1v) is 6.42. The Balaban J connectivity index is 0.00000120. The second-order valence-electron chi connectivity index (χ2n) is 4.16. The van der Waals surface area contributed by atoms with Gasteiger partial charge in [0.2, 0.25) is 11.7 Å². The number of nitrogens with zero attached hydrogens (tertiary/aromatic N) is 2. The molecule has 1 fully saturated rings. The third-order valence-electron chi connectivity index (χ3n) is 2.93. The average Bonchev–Trinajstić information content (AvgIpc) is 3.00. The molecule has 0 amide bonds. The Labute approximate surface area is 120 Å². The summed E-state index contributed by atoms with van der Waals surface area (Å²) in [6, 6.07) is 7.91. The molecule has 0 radical (unpaired) electrons. The molecule has 1 saturated heterocycles. The number of aromatic nitrogens is 2. The van der Waals surface area contributed by atoms with E-state index in [1.54, 1.807) is 0 Å². The van der Waals surface area contributed by atoms with Gasteiger partial charge in [-0.05, 0) is 25.1 Å². The molecule has 1 aliphatic rings. The van der Waals surface area contributed by atoms with Gasteiger partial charge >= 0.3 is 0 Å². The minimum Gasteiger partial charge on any atom is -0.339 e. The SMILES string of the molecule is Brc1cccc(-c2noc([C@H]3CCNC3)n2)c1.Cl. The van der Waals surface area contributed by atoms with E-state index in [9.17, 15) is 0 Å². The Morgan fingerprint density at radius 3 is 3.00 bits per heavy atom. The Kier molecular flexibility index (Phi) is 4.37. The molecule has 4 nitrogen and oxygen atoms in total. The molecule has 0 unspecified atom stereocenters. The third kappa shape index (κ3) is 2.74. The standard InChI is InChI=1S/C12H12BrN3O.ClH/c13-10-3-1-2-8(6-10)11-15-12(17-16-11)9-4-5-14-7-9;/h1-3,6,9,14H,4-5,7H2;1H/t9-;/m0./s1. The fourth-order valence-corrected chi connectivity index (χ4v) is 2.41. The molecule has 1 aliphatic heterocycles. The summed E-state index contributed by atoms with van der Waals surface area (Å²) >= 11 is 3.44. The van der Waals surface area contributed by atoms with E-state index >= 15 is 0 Å². The van der Waals surface area contributed by atoms with Crippen LogP contribution in [0.4, 0.5) is 0 Å². The summed E-state index contributed by atoms with van der Waals surface area (Å²) in [7, 11) is 0. The quantitative estimate of drug-likeness (QED) is 0.919. The first-order valence-electron chi connectivity index (χ1n) is 5.63. The van der Waals surface area contributed by atoms with Crippen LogP contribution in [0, 0.1) is 0 Å². The monoisotopic (exact) mass is 329 g/mol. The minimum absolute atomic E-state index is 0.